The molecule has 0 saturated heterocycles. The lowest BCUT2D eigenvalue weighted by atomic mass is 10.0. The maximum absolute atomic E-state index is 12.4. The van der Waals surface area contributed by atoms with Crippen LogP contribution in [0.25, 0.3) is 21.0 Å². The fourth-order valence-electron chi connectivity index (χ4n) is 3.56. The van der Waals surface area contributed by atoms with Gasteiger partial charge < -0.3 is 4.74 Å². The lowest BCUT2D eigenvalue weighted by Crippen LogP contribution is -2.19. The Morgan fingerprint density at radius 1 is 1.06 bits per heavy atom. The predicted octanol–water partition coefficient (Wildman–Crippen LogP) is 6.92. The highest BCUT2D eigenvalue weighted by Crippen LogP contribution is 2.29. The van der Waals surface area contributed by atoms with Crippen LogP contribution in [0.1, 0.15) is 11.1 Å². The minimum atomic E-state index is -0.202. The van der Waals surface area contributed by atoms with Crippen molar-refractivity contribution in [2.75, 3.05) is 5.75 Å². The van der Waals surface area contributed by atoms with Gasteiger partial charge in [-0.3, -0.25) is 4.79 Å². The van der Waals surface area contributed by atoms with Gasteiger partial charge in [-0.25, -0.2) is 10.4 Å². The molecule has 0 saturated carbocycles. The Hall–Kier alpha value is -3.39. The number of rotatable bonds is 8. The summed E-state index contributed by atoms with van der Waals surface area (Å²) in [6.45, 7) is 0.366. The monoisotopic (exact) mass is 517 g/mol. The zero-order chi connectivity index (χ0) is 24.0. The van der Waals surface area contributed by atoms with Crippen LogP contribution < -0.4 is 10.2 Å². The molecule has 174 valence electrons. The number of benzene rings is 4. The first-order valence-corrected chi connectivity index (χ1v) is 13.0. The smallest absolute Gasteiger partial charge is 0.250 e. The van der Waals surface area contributed by atoms with Crippen LogP contribution >= 0.6 is 34.7 Å². The second-order valence-corrected chi connectivity index (χ2v) is 10.3. The molecule has 0 aliphatic heterocycles. The molecule has 0 bridgehead atoms. The summed E-state index contributed by atoms with van der Waals surface area (Å²) < 4.78 is 8.07. The van der Waals surface area contributed by atoms with E-state index in [2.05, 4.69) is 15.5 Å². The quantitative estimate of drug-likeness (QED) is 0.138. The number of amides is 1. The largest absolute Gasteiger partial charge is 0.488 e. The lowest BCUT2D eigenvalue weighted by molar-refractivity contribution is -0.118. The van der Waals surface area contributed by atoms with Crippen molar-refractivity contribution in [3.05, 3.63) is 101 Å². The second-order valence-electron chi connectivity index (χ2n) is 7.65. The summed E-state index contributed by atoms with van der Waals surface area (Å²) in [5.74, 6) is 0.697. The molecule has 1 heterocycles. The Morgan fingerprint density at radius 2 is 1.91 bits per heavy atom. The van der Waals surface area contributed by atoms with Gasteiger partial charge in [0.2, 0.25) is 0 Å². The molecular weight excluding hydrogens is 498 g/mol. The topological polar surface area (TPSA) is 63.6 Å². The molecule has 0 aliphatic rings. The van der Waals surface area contributed by atoms with E-state index in [0.717, 1.165) is 36.5 Å². The van der Waals surface area contributed by atoms with E-state index >= 15 is 0 Å². The van der Waals surface area contributed by atoms with Crippen molar-refractivity contribution in [1.82, 2.24) is 10.4 Å². The zero-order valence-electron chi connectivity index (χ0n) is 18.5. The van der Waals surface area contributed by atoms with Crippen LogP contribution in [-0.2, 0) is 11.4 Å². The van der Waals surface area contributed by atoms with Crippen LogP contribution in [0.3, 0.4) is 0 Å². The van der Waals surface area contributed by atoms with E-state index in [9.17, 15) is 4.79 Å². The fourth-order valence-corrected chi connectivity index (χ4v) is 5.64. The molecule has 5 nitrogen and oxygen atoms in total. The number of fused-ring (bicyclic) bond motifs is 2. The van der Waals surface area contributed by atoms with Gasteiger partial charge in [-0.2, -0.15) is 5.10 Å². The number of thioether (sulfide) groups is 1. The number of ether oxygens (including phenoxy) is 1. The zero-order valence-corrected chi connectivity index (χ0v) is 20.9. The molecule has 0 radical (unpaired) electrons. The number of aromatic nitrogens is 1. The van der Waals surface area contributed by atoms with Crippen LogP contribution in [0.2, 0.25) is 5.02 Å². The van der Waals surface area contributed by atoms with Crippen LogP contribution in [0, 0.1) is 0 Å². The summed E-state index contributed by atoms with van der Waals surface area (Å²) >= 11 is 9.07. The Bertz CT molecular complexity index is 1500. The van der Waals surface area contributed by atoms with E-state index in [0.29, 0.717) is 17.4 Å². The predicted molar refractivity (Wildman–Crippen MR) is 146 cm³/mol. The van der Waals surface area contributed by atoms with Gasteiger partial charge in [0.25, 0.3) is 5.91 Å². The van der Waals surface area contributed by atoms with Crippen LogP contribution in [-0.4, -0.2) is 22.9 Å². The number of para-hydroxylation sites is 1. The standard InChI is InChI=1S/C27H20ClN3O2S2/c28-20-8-5-6-18(14-20)16-33-24-13-12-19-7-1-2-9-21(19)22(24)15-29-31-26(32)17-34-27-30-23-10-3-4-11-25(23)35-27/h1-15H,16-17H2,(H,31,32)/b29-15+. The first-order valence-electron chi connectivity index (χ1n) is 10.8. The SMILES string of the molecule is O=C(CSc1nc2ccccc2s1)N/N=C/c1c(OCc2cccc(Cl)c2)ccc2ccccc12. The third-order valence-electron chi connectivity index (χ3n) is 5.20. The van der Waals surface area contributed by atoms with E-state index in [1.165, 1.54) is 11.8 Å². The van der Waals surface area contributed by atoms with E-state index in [1.54, 1.807) is 17.6 Å². The Morgan fingerprint density at radius 3 is 2.80 bits per heavy atom. The minimum Gasteiger partial charge on any atom is -0.488 e. The maximum atomic E-state index is 12.4. The number of hydrogen-bond donors (Lipinski definition) is 1. The van der Waals surface area contributed by atoms with Crippen molar-refractivity contribution in [2.24, 2.45) is 5.10 Å². The van der Waals surface area contributed by atoms with Gasteiger partial charge in [0.15, 0.2) is 4.34 Å². The lowest BCUT2D eigenvalue weighted by Gasteiger charge is -2.12. The van der Waals surface area contributed by atoms with Gasteiger partial charge in [0.05, 0.1) is 22.2 Å². The average Bonchev–Trinajstić information content (AvgIpc) is 3.30. The van der Waals surface area contributed by atoms with Crippen molar-refractivity contribution in [1.29, 1.82) is 0 Å². The third-order valence-corrected chi connectivity index (χ3v) is 7.61. The summed E-state index contributed by atoms with van der Waals surface area (Å²) in [6.07, 6.45) is 1.63. The second kappa shape index (κ2) is 10.9. The highest BCUT2D eigenvalue weighted by Gasteiger charge is 2.10. The maximum Gasteiger partial charge on any atom is 0.250 e. The third kappa shape index (κ3) is 5.82. The van der Waals surface area contributed by atoms with E-state index in [4.69, 9.17) is 16.3 Å². The molecule has 35 heavy (non-hydrogen) atoms. The molecule has 0 unspecified atom stereocenters. The molecule has 0 spiro atoms. The molecule has 1 amide bonds. The molecule has 0 fully saturated rings. The number of hydrogen-bond acceptors (Lipinski definition) is 6. The van der Waals surface area contributed by atoms with Gasteiger partial charge in [-0.15, -0.1) is 11.3 Å². The number of carbonyl (C=O) groups excluding carboxylic acids is 1. The van der Waals surface area contributed by atoms with Gasteiger partial charge >= 0.3 is 0 Å². The number of carbonyl (C=O) groups is 1. The number of halogens is 1. The molecule has 4 aromatic carbocycles. The molecule has 5 aromatic rings. The van der Waals surface area contributed by atoms with Crippen molar-refractivity contribution in [2.45, 2.75) is 10.9 Å². The van der Waals surface area contributed by atoms with Crippen molar-refractivity contribution in [3.63, 3.8) is 0 Å². The normalized spacial score (nSPS) is 11.3. The van der Waals surface area contributed by atoms with Crippen molar-refractivity contribution in [3.8, 4) is 5.75 Å². The van der Waals surface area contributed by atoms with Crippen LogP contribution in [0.4, 0.5) is 0 Å². The summed E-state index contributed by atoms with van der Waals surface area (Å²) in [5.41, 5.74) is 5.33. The minimum absolute atomic E-state index is 0.202. The van der Waals surface area contributed by atoms with Gasteiger partial charge in [-0.1, -0.05) is 78.0 Å². The van der Waals surface area contributed by atoms with E-state index in [-0.39, 0.29) is 11.7 Å². The molecule has 0 atom stereocenters. The van der Waals surface area contributed by atoms with E-state index in [1.807, 2.05) is 84.9 Å². The molecule has 8 heteroatoms. The van der Waals surface area contributed by atoms with Gasteiger partial charge in [0.1, 0.15) is 12.4 Å². The van der Waals surface area contributed by atoms with Crippen LogP contribution in [0.5, 0.6) is 5.75 Å². The summed E-state index contributed by atoms with van der Waals surface area (Å²) in [6, 6.07) is 27.4. The molecule has 1 aromatic heterocycles. The van der Waals surface area contributed by atoms with E-state index < -0.39 is 0 Å². The average molecular weight is 518 g/mol. The Labute approximate surface area is 215 Å². The highest BCUT2D eigenvalue weighted by atomic mass is 35.5. The Balaban J connectivity index is 1.28. The highest BCUT2D eigenvalue weighted by molar-refractivity contribution is 8.01. The summed E-state index contributed by atoms with van der Waals surface area (Å²) in [4.78, 5) is 16.9. The number of nitrogens with zero attached hydrogens (tertiary/aromatic N) is 2. The number of hydrazone groups is 1. The summed E-state index contributed by atoms with van der Waals surface area (Å²) in [5, 5.41) is 6.93. The Kier molecular flexibility index (Phi) is 7.28. The fraction of sp³-hybridized carbons (Fsp3) is 0.0741. The molecule has 1 N–H and O–H groups in total. The van der Waals surface area contributed by atoms with Crippen molar-refractivity contribution < 1.29 is 9.53 Å². The molecule has 0 aliphatic carbocycles. The van der Waals surface area contributed by atoms with Gasteiger partial charge in [0, 0.05) is 10.6 Å². The first kappa shape index (κ1) is 23.4. The first-order chi connectivity index (χ1) is 17.2. The van der Waals surface area contributed by atoms with Crippen LogP contribution in [0.15, 0.2) is 94.4 Å². The molecular formula is C27H20ClN3O2S2. The number of nitrogens with one attached hydrogen (secondary N) is 1. The van der Waals surface area contributed by atoms with Gasteiger partial charge in [-0.05, 0) is 46.7 Å². The summed E-state index contributed by atoms with van der Waals surface area (Å²) in [7, 11) is 0. The molecule has 5 rings (SSSR count). The number of thiazole rings is 1. The van der Waals surface area contributed by atoms with Crippen molar-refractivity contribution >= 4 is 67.8 Å².